The number of rotatable bonds is 3. The Hall–Kier alpha value is -2.83. The first kappa shape index (κ1) is 14.7. The van der Waals surface area contributed by atoms with Gasteiger partial charge in [0.1, 0.15) is 12.7 Å². The van der Waals surface area contributed by atoms with Crippen LogP contribution in [0.5, 0.6) is 17.4 Å². The van der Waals surface area contributed by atoms with E-state index in [0.29, 0.717) is 30.5 Å². The molecule has 1 fully saturated rings. The minimum Gasteiger partial charge on any atom is -0.485 e. The van der Waals surface area contributed by atoms with Gasteiger partial charge in [-0.1, -0.05) is 12.1 Å². The predicted molar refractivity (Wildman–Crippen MR) is 84.0 cm³/mol. The van der Waals surface area contributed by atoms with Crippen molar-refractivity contribution in [2.45, 2.75) is 18.6 Å². The highest BCUT2D eigenvalue weighted by atomic mass is 16.6. The number of aromatic nitrogens is 2. The van der Waals surface area contributed by atoms with Crippen LogP contribution in [0.4, 0.5) is 0 Å². The first-order valence-corrected chi connectivity index (χ1v) is 7.91. The zero-order chi connectivity index (χ0) is 16.4. The number of benzene rings is 1. The third-order valence-electron chi connectivity index (χ3n) is 4.08. The van der Waals surface area contributed by atoms with Crippen LogP contribution < -0.4 is 14.2 Å². The van der Waals surface area contributed by atoms with Crippen molar-refractivity contribution in [2.24, 2.45) is 0 Å². The second-order valence-electron chi connectivity index (χ2n) is 5.74. The Labute approximate surface area is 139 Å². The number of hydrogen-bond acceptors (Lipinski definition) is 6. The zero-order valence-corrected chi connectivity index (χ0v) is 13.0. The molecule has 0 bridgehead atoms. The highest BCUT2D eigenvalue weighted by molar-refractivity contribution is 5.82. The second-order valence-corrected chi connectivity index (χ2v) is 5.74. The summed E-state index contributed by atoms with van der Waals surface area (Å²) in [6.45, 7) is 1.37. The number of nitrogens with zero attached hydrogens (tertiary/aromatic N) is 3. The molecule has 2 atom stereocenters. The first-order chi connectivity index (χ1) is 11.8. The molecule has 3 heterocycles. The fourth-order valence-electron chi connectivity index (χ4n) is 2.89. The van der Waals surface area contributed by atoms with E-state index < -0.39 is 6.10 Å². The summed E-state index contributed by atoms with van der Waals surface area (Å²) >= 11 is 0. The molecule has 7 nitrogen and oxygen atoms in total. The largest absolute Gasteiger partial charge is 0.485 e. The summed E-state index contributed by atoms with van der Waals surface area (Å²) in [6, 6.07) is 10.9. The van der Waals surface area contributed by atoms with E-state index in [1.807, 2.05) is 18.2 Å². The third kappa shape index (κ3) is 2.97. The summed E-state index contributed by atoms with van der Waals surface area (Å²) in [4.78, 5) is 14.4. The number of likely N-dealkylation sites (tertiary alicyclic amines) is 1. The van der Waals surface area contributed by atoms with Crippen molar-refractivity contribution in [3.05, 3.63) is 42.6 Å². The van der Waals surface area contributed by atoms with Crippen molar-refractivity contribution >= 4 is 5.91 Å². The maximum atomic E-state index is 12.6. The van der Waals surface area contributed by atoms with Crippen molar-refractivity contribution in [1.82, 2.24) is 15.1 Å². The normalized spacial score (nSPS) is 22.2. The Morgan fingerprint density at radius 2 is 2.08 bits per heavy atom. The van der Waals surface area contributed by atoms with E-state index in [4.69, 9.17) is 14.2 Å². The van der Waals surface area contributed by atoms with E-state index in [-0.39, 0.29) is 18.6 Å². The summed E-state index contributed by atoms with van der Waals surface area (Å²) in [5.41, 5.74) is 0. The summed E-state index contributed by atoms with van der Waals surface area (Å²) < 4.78 is 17.2. The first-order valence-electron chi connectivity index (χ1n) is 7.91. The Morgan fingerprint density at radius 3 is 2.92 bits per heavy atom. The van der Waals surface area contributed by atoms with Crippen molar-refractivity contribution < 1.29 is 19.0 Å². The third-order valence-corrected chi connectivity index (χ3v) is 4.08. The molecule has 2 aromatic rings. The van der Waals surface area contributed by atoms with E-state index in [0.717, 1.165) is 6.42 Å². The molecule has 4 rings (SSSR count). The Morgan fingerprint density at radius 1 is 1.21 bits per heavy atom. The number of para-hydroxylation sites is 2. The fraction of sp³-hybridized carbons (Fsp3) is 0.353. The van der Waals surface area contributed by atoms with Gasteiger partial charge in [-0.2, -0.15) is 5.10 Å². The van der Waals surface area contributed by atoms with Gasteiger partial charge >= 0.3 is 0 Å². The highest BCUT2D eigenvalue weighted by Gasteiger charge is 2.35. The van der Waals surface area contributed by atoms with E-state index in [1.165, 1.54) is 0 Å². The van der Waals surface area contributed by atoms with Gasteiger partial charge in [-0.05, 0) is 18.2 Å². The van der Waals surface area contributed by atoms with Crippen molar-refractivity contribution in [3.8, 4) is 17.4 Å². The van der Waals surface area contributed by atoms with Crippen LogP contribution in [0.25, 0.3) is 0 Å². The molecule has 1 aromatic heterocycles. The number of hydrogen-bond donors (Lipinski definition) is 0. The SMILES string of the molecule is O=C(C1COc2ccccc2O1)N1CCC(Oc2cccnn2)C1. The van der Waals surface area contributed by atoms with E-state index in [1.54, 1.807) is 29.3 Å². The molecule has 2 aliphatic heterocycles. The fourth-order valence-corrected chi connectivity index (χ4v) is 2.89. The maximum absolute atomic E-state index is 12.6. The molecular formula is C17H17N3O4. The van der Waals surface area contributed by atoms with E-state index in [9.17, 15) is 4.79 Å². The molecule has 0 saturated carbocycles. The number of fused-ring (bicyclic) bond motifs is 1. The smallest absolute Gasteiger partial charge is 0.267 e. The number of carbonyl (C=O) groups is 1. The molecule has 2 unspecified atom stereocenters. The molecule has 7 heteroatoms. The van der Waals surface area contributed by atoms with Gasteiger partial charge < -0.3 is 19.1 Å². The number of carbonyl (C=O) groups excluding carboxylic acids is 1. The van der Waals surface area contributed by atoms with Gasteiger partial charge in [0.2, 0.25) is 12.0 Å². The van der Waals surface area contributed by atoms with Crippen LogP contribution in [0.15, 0.2) is 42.6 Å². The van der Waals surface area contributed by atoms with E-state index >= 15 is 0 Å². The molecule has 0 N–H and O–H groups in total. The van der Waals surface area contributed by atoms with Gasteiger partial charge in [0.15, 0.2) is 11.5 Å². The van der Waals surface area contributed by atoms with Gasteiger partial charge in [-0.15, -0.1) is 5.10 Å². The summed E-state index contributed by atoms with van der Waals surface area (Å²) in [6.07, 6.45) is 1.65. The average Bonchev–Trinajstić information content (AvgIpc) is 3.10. The lowest BCUT2D eigenvalue weighted by molar-refractivity contribution is -0.140. The van der Waals surface area contributed by atoms with Gasteiger partial charge in [0.25, 0.3) is 5.91 Å². The molecule has 2 aliphatic rings. The lowest BCUT2D eigenvalue weighted by Crippen LogP contribution is -2.46. The van der Waals surface area contributed by atoms with Crippen molar-refractivity contribution in [1.29, 1.82) is 0 Å². The van der Waals surface area contributed by atoms with Gasteiger partial charge in [0.05, 0.1) is 6.54 Å². The van der Waals surface area contributed by atoms with Crippen LogP contribution >= 0.6 is 0 Å². The number of amides is 1. The van der Waals surface area contributed by atoms with E-state index in [2.05, 4.69) is 10.2 Å². The van der Waals surface area contributed by atoms with Crippen LogP contribution in [0.3, 0.4) is 0 Å². The van der Waals surface area contributed by atoms with Crippen LogP contribution in [0.2, 0.25) is 0 Å². The van der Waals surface area contributed by atoms with Crippen molar-refractivity contribution in [2.75, 3.05) is 19.7 Å². The number of ether oxygens (including phenoxy) is 3. The Bertz CT molecular complexity index is 725. The van der Waals surface area contributed by atoms with Crippen LogP contribution in [-0.4, -0.2) is 52.9 Å². The monoisotopic (exact) mass is 327 g/mol. The minimum atomic E-state index is -0.616. The Balaban J connectivity index is 1.36. The molecule has 1 saturated heterocycles. The summed E-state index contributed by atoms with van der Waals surface area (Å²) in [7, 11) is 0. The molecule has 1 amide bonds. The molecule has 1 aromatic carbocycles. The predicted octanol–water partition coefficient (Wildman–Crippen LogP) is 1.30. The second kappa shape index (κ2) is 6.35. The lowest BCUT2D eigenvalue weighted by atomic mass is 10.2. The minimum absolute atomic E-state index is 0.0743. The zero-order valence-electron chi connectivity index (χ0n) is 13.0. The summed E-state index contributed by atoms with van der Waals surface area (Å²) in [5, 5.41) is 7.69. The average molecular weight is 327 g/mol. The molecule has 24 heavy (non-hydrogen) atoms. The maximum Gasteiger partial charge on any atom is 0.267 e. The lowest BCUT2D eigenvalue weighted by Gasteiger charge is -2.28. The molecule has 0 radical (unpaired) electrons. The quantitative estimate of drug-likeness (QED) is 0.846. The molecule has 124 valence electrons. The van der Waals surface area contributed by atoms with Gasteiger partial charge in [-0.3, -0.25) is 4.79 Å². The van der Waals surface area contributed by atoms with Crippen molar-refractivity contribution in [3.63, 3.8) is 0 Å². The molecular weight excluding hydrogens is 310 g/mol. The molecule has 0 aliphatic carbocycles. The topological polar surface area (TPSA) is 73.8 Å². The van der Waals surface area contributed by atoms with Crippen LogP contribution in [0, 0.1) is 0 Å². The Kier molecular flexibility index (Phi) is 3.90. The summed E-state index contributed by atoms with van der Waals surface area (Å²) in [5.74, 6) is 1.68. The van der Waals surface area contributed by atoms with Gasteiger partial charge in [-0.25, -0.2) is 0 Å². The molecule has 0 spiro atoms. The van der Waals surface area contributed by atoms with Gasteiger partial charge in [0, 0.05) is 25.2 Å². The van der Waals surface area contributed by atoms with Crippen LogP contribution in [-0.2, 0) is 4.79 Å². The highest BCUT2D eigenvalue weighted by Crippen LogP contribution is 2.31. The standard InChI is InChI=1S/C17H17N3O4/c21-17(15-11-22-13-4-1-2-5-14(13)24-15)20-9-7-12(10-20)23-16-6-3-8-18-19-16/h1-6,8,12,15H,7,9-11H2. The van der Waals surface area contributed by atoms with Crippen LogP contribution in [0.1, 0.15) is 6.42 Å².